The van der Waals surface area contributed by atoms with Gasteiger partial charge in [-0.3, -0.25) is 9.98 Å². The Morgan fingerprint density at radius 3 is 2.88 bits per heavy atom. The molecule has 16 heavy (non-hydrogen) atoms. The van der Waals surface area contributed by atoms with Gasteiger partial charge in [-0.1, -0.05) is 30.3 Å². The summed E-state index contributed by atoms with van der Waals surface area (Å²) < 4.78 is 0. The summed E-state index contributed by atoms with van der Waals surface area (Å²) in [6, 6.07) is 12.6. The second kappa shape index (κ2) is 3.89. The van der Waals surface area contributed by atoms with Crippen molar-refractivity contribution in [3.63, 3.8) is 0 Å². The first-order valence-corrected chi connectivity index (χ1v) is 5.47. The van der Waals surface area contributed by atoms with Crippen molar-refractivity contribution in [3.8, 4) is 0 Å². The van der Waals surface area contributed by atoms with Crippen LogP contribution in [0.25, 0.3) is 10.9 Å². The van der Waals surface area contributed by atoms with E-state index in [0.29, 0.717) is 0 Å². The minimum Gasteiger partial charge on any atom is -0.283 e. The van der Waals surface area contributed by atoms with Crippen molar-refractivity contribution in [1.29, 1.82) is 0 Å². The smallest absolute Gasteiger partial charge is 0.0954 e. The summed E-state index contributed by atoms with van der Waals surface area (Å²) in [6.07, 6.45) is 6.92. The van der Waals surface area contributed by atoms with Gasteiger partial charge >= 0.3 is 0 Å². The number of allylic oxidation sites excluding steroid dienone is 1. The third kappa shape index (κ3) is 1.63. The summed E-state index contributed by atoms with van der Waals surface area (Å²) in [7, 11) is 0. The molecule has 1 aromatic heterocycles. The SMILES string of the molecule is C1=CCC(c2ccc3ccccc3n2)N=C1. The lowest BCUT2D eigenvalue weighted by Gasteiger charge is -2.12. The molecule has 0 saturated carbocycles. The molecule has 3 rings (SSSR count). The first kappa shape index (κ1) is 9.28. The molecule has 0 radical (unpaired) electrons. The average molecular weight is 208 g/mol. The van der Waals surface area contributed by atoms with Crippen molar-refractivity contribution < 1.29 is 0 Å². The van der Waals surface area contributed by atoms with E-state index in [1.807, 2.05) is 30.5 Å². The minimum atomic E-state index is 0.189. The number of pyridine rings is 1. The fourth-order valence-corrected chi connectivity index (χ4v) is 1.95. The zero-order chi connectivity index (χ0) is 10.8. The van der Waals surface area contributed by atoms with Gasteiger partial charge in [0.2, 0.25) is 0 Å². The van der Waals surface area contributed by atoms with Crippen molar-refractivity contribution in [3.05, 3.63) is 54.2 Å². The van der Waals surface area contributed by atoms with E-state index in [2.05, 4.69) is 34.3 Å². The molecule has 2 heteroatoms. The third-order valence-corrected chi connectivity index (χ3v) is 2.81. The van der Waals surface area contributed by atoms with Crippen LogP contribution < -0.4 is 0 Å². The Kier molecular flexibility index (Phi) is 2.26. The van der Waals surface area contributed by atoms with E-state index >= 15 is 0 Å². The molecule has 0 N–H and O–H groups in total. The van der Waals surface area contributed by atoms with Gasteiger partial charge in [0.15, 0.2) is 0 Å². The third-order valence-electron chi connectivity index (χ3n) is 2.81. The van der Waals surface area contributed by atoms with Crippen LogP contribution in [0, 0.1) is 0 Å². The number of benzene rings is 1. The van der Waals surface area contributed by atoms with Gasteiger partial charge in [-0.15, -0.1) is 0 Å². The van der Waals surface area contributed by atoms with Gasteiger partial charge < -0.3 is 0 Å². The van der Waals surface area contributed by atoms with Crippen LogP contribution in [0.2, 0.25) is 0 Å². The van der Waals surface area contributed by atoms with Gasteiger partial charge in [-0.2, -0.15) is 0 Å². The van der Waals surface area contributed by atoms with Gasteiger partial charge in [0, 0.05) is 11.6 Å². The van der Waals surface area contributed by atoms with Crippen LogP contribution in [0.15, 0.2) is 53.5 Å². The molecule has 1 unspecified atom stereocenters. The highest BCUT2D eigenvalue weighted by atomic mass is 14.8. The van der Waals surface area contributed by atoms with Crippen molar-refractivity contribution in [2.45, 2.75) is 12.5 Å². The van der Waals surface area contributed by atoms with Gasteiger partial charge in [0.25, 0.3) is 0 Å². The second-order valence-electron chi connectivity index (χ2n) is 3.91. The molecular formula is C14H12N2. The number of aliphatic imine (C=N–C) groups is 1. The minimum absolute atomic E-state index is 0.189. The van der Waals surface area contributed by atoms with E-state index < -0.39 is 0 Å². The number of para-hydroxylation sites is 1. The van der Waals surface area contributed by atoms with Gasteiger partial charge in [0.05, 0.1) is 17.3 Å². The summed E-state index contributed by atoms with van der Waals surface area (Å²) in [4.78, 5) is 9.08. The molecule has 0 spiro atoms. The first-order valence-electron chi connectivity index (χ1n) is 5.47. The highest BCUT2D eigenvalue weighted by Gasteiger charge is 2.11. The van der Waals surface area contributed by atoms with Gasteiger partial charge in [-0.05, 0) is 24.6 Å². The molecule has 2 heterocycles. The van der Waals surface area contributed by atoms with E-state index in [-0.39, 0.29) is 6.04 Å². The monoisotopic (exact) mass is 208 g/mol. The Hall–Kier alpha value is -1.96. The maximum atomic E-state index is 4.65. The number of aromatic nitrogens is 1. The van der Waals surface area contributed by atoms with Crippen LogP contribution in [0.4, 0.5) is 0 Å². The van der Waals surface area contributed by atoms with Crippen LogP contribution in [0.5, 0.6) is 0 Å². The lowest BCUT2D eigenvalue weighted by Crippen LogP contribution is -2.00. The van der Waals surface area contributed by atoms with E-state index in [1.54, 1.807) is 0 Å². The molecule has 0 amide bonds. The van der Waals surface area contributed by atoms with E-state index in [0.717, 1.165) is 17.6 Å². The summed E-state index contributed by atoms with van der Waals surface area (Å²) in [5.41, 5.74) is 2.10. The number of hydrogen-bond donors (Lipinski definition) is 0. The molecule has 0 fully saturated rings. The summed E-state index contributed by atoms with van der Waals surface area (Å²) in [6.45, 7) is 0. The number of hydrogen-bond acceptors (Lipinski definition) is 2. The number of rotatable bonds is 1. The van der Waals surface area contributed by atoms with Crippen LogP contribution >= 0.6 is 0 Å². The van der Waals surface area contributed by atoms with E-state index in [1.165, 1.54) is 5.39 Å². The standard InChI is InChI=1S/C14H12N2/c1-2-6-12-11(5-1)8-9-14(16-12)13-7-3-4-10-15-13/h1-6,8-10,13H,7H2. The van der Waals surface area contributed by atoms with Crippen molar-refractivity contribution in [2.75, 3.05) is 0 Å². The molecule has 1 aliphatic rings. The van der Waals surface area contributed by atoms with Gasteiger partial charge in [-0.25, -0.2) is 0 Å². The predicted molar refractivity (Wildman–Crippen MR) is 66.7 cm³/mol. The number of nitrogens with zero attached hydrogens (tertiary/aromatic N) is 2. The van der Waals surface area contributed by atoms with E-state index in [4.69, 9.17) is 0 Å². The lowest BCUT2D eigenvalue weighted by atomic mass is 10.1. The normalized spacial score (nSPS) is 19.1. The molecule has 0 bridgehead atoms. The van der Waals surface area contributed by atoms with Crippen molar-refractivity contribution in [2.24, 2.45) is 4.99 Å². The summed E-state index contributed by atoms with van der Waals surface area (Å²) in [5.74, 6) is 0. The fourth-order valence-electron chi connectivity index (χ4n) is 1.95. The van der Waals surface area contributed by atoms with Crippen molar-refractivity contribution in [1.82, 2.24) is 4.98 Å². The van der Waals surface area contributed by atoms with Crippen molar-refractivity contribution >= 4 is 17.1 Å². The topological polar surface area (TPSA) is 25.2 Å². The highest BCUT2D eigenvalue weighted by Crippen LogP contribution is 2.23. The van der Waals surface area contributed by atoms with Crippen LogP contribution in [0.1, 0.15) is 18.2 Å². The second-order valence-corrected chi connectivity index (χ2v) is 3.91. The Morgan fingerprint density at radius 1 is 1.06 bits per heavy atom. The van der Waals surface area contributed by atoms with E-state index in [9.17, 15) is 0 Å². The first-order chi connectivity index (χ1) is 7.93. The lowest BCUT2D eigenvalue weighted by molar-refractivity contribution is 0.717. The molecular weight excluding hydrogens is 196 g/mol. The van der Waals surface area contributed by atoms with Gasteiger partial charge in [0.1, 0.15) is 0 Å². The molecule has 78 valence electrons. The molecule has 2 aromatic rings. The Bertz CT molecular complexity index is 570. The maximum Gasteiger partial charge on any atom is 0.0954 e. The largest absolute Gasteiger partial charge is 0.283 e. The Labute approximate surface area is 94.4 Å². The van der Waals surface area contributed by atoms with Crippen LogP contribution in [0.3, 0.4) is 0 Å². The molecule has 0 saturated heterocycles. The van der Waals surface area contributed by atoms with Crippen LogP contribution in [-0.4, -0.2) is 11.2 Å². The quantitative estimate of drug-likeness (QED) is 0.705. The Balaban J connectivity index is 2.05. The molecule has 1 aliphatic heterocycles. The summed E-state index contributed by atoms with van der Waals surface area (Å²) in [5, 5.41) is 1.18. The van der Waals surface area contributed by atoms with Crippen LogP contribution in [-0.2, 0) is 0 Å². The molecule has 2 nitrogen and oxygen atoms in total. The summed E-state index contributed by atoms with van der Waals surface area (Å²) >= 11 is 0. The predicted octanol–water partition coefficient (Wildman–Crippen LogP) is 3.31. The average Bonchev–Trinajstić information content (AvgIpc) is 2.39. The molecule has 0 aliphatic carbocycles. The number of dihydropyridines is 1. The molecule has 1 atom stereocenters. The zero-order valence-electron chi connectivity index (χ0n) is 8.88. The fraction of sp³-hybridized carbons (Fsp3) is 0.143. The highest BCUT2D eigenvalue weighted by molar-refractivity contribution is 5.78. The molecule has 1 aromatic carbocycles. The maximum absolute atomic E-state index is 4.65. The zero-order valence-corrected chi connectivity index (χ0v) is 8.88. The number of fused-ring (bicyclic) bond motifs is 1. The Morgan fingerprint density at radius 2 is 2.00 bits per heavy atom.